The number of carbonyl (C=O) groups excluding carboxylic acids is 1. The maximum atomic E-state index is 11.9. The Bertz CT molecular complexity index is 515. The number of likely N-dealkylation sites (N-methyl/N-ethyl adjacent to an activating group) is 1. The molecule has 0 aliphatic carbocycles. The number of fused-ring (bicyclic) bond motifs is 1. The zero-order valence-corrected chi connectivity index (χ0v) is 13.5. The molecule has 1 aromatic carbocycles. The highest BCUT2D eigenvalue weighted by atomic mass is 16.2. The second kappa shape index (κ2) is 6.45. The SMILES string of the molecule is CCN(CCCN(C)C)c1ccc2c(c1)N(C)C(=O)C2N. The Balaban J connectivity index is 2.15. The predicted octanol–water partition coefficient (Wildman–Crippen LogP) is 1.44. The van der Waals surface area contributed by atoms with Crippen LogP contribution >= 0.6 is 0 Å². The van der Waals surface area contributed by atoms with Gasteiger partial charge in [-0.3, -0.25) is 4.79 Å². The lowest BCUT2D eigenvalue weighted by Gasteiger charge is -2.25. The Kier molecular flexibility index (Phi) is 4.85. The summed E-state index contributed by atoms with van der Waals surface area (Å²) in [5, 5.41) is 0. The van der Waals surface area contributed by atoms with Crippen molar-refractivity contribution in [3.8, 4) is 0 Å². The third kappa shape index (κ3) is 3.19. The summed E-state index contributed by atoms with van der Waals surface area (Å²) in [7, 11) is 5.97. The molecule has 0 saturated carbocycles. The van der Waals surface area contributed by atoms with Gasteiger partial charge in [-0.2, -0.15) is 0 Å². The molecule has 2 rings (SSSR count). The molecule has 1 aromatic rings. The Hall–Kier alpha value is -1.59. The highest BCUT2D eigenvalue weighted by Gasteiger charge is 2.32. The van der Waals surface area contributed by atoms with Gasteiger partial charge in [0.15, 0.2) is 0 Å². The van der Waals surface area contributed by atoms with Crippen LogP contribution in [0, 0.1) is 0 Å². The minimum Gasteiger partial charge on any atom is -0.372 e. The molecule has 21 heavy (non-hydrogen) atoms. The fraction of sp³-hybridized carbons (Fsp3) is 0.562. The molecule has 116 valence electrons. The molecule has 1 heterocycles. The van der Waals surface area contributed by atoms with Crippen molar-refractivity contribution in [1.29, 1.82) is 0 Å². The highest BCUT2D eigenvalue weighted by molar-refractivity contribution is 6.04. The van der Waals surface area contributed by atoms with Crippen LogP contribution in [0.15, 0.2) is 18.2 Å². The van der Waals surface area contributed by atoms with Crippen molar-refractivity contribution >= 4 is 17.3 Å². The van der Waals surface area contributed by atoms with E-state index in [2.05, 4.69) is 43.0 Å². The Morgan fingerprint density at radius 3 is 2.62 bits per heavy atom. The molecule has 0 fully saturated rings. The molecule has 1 aliphatic rings. The zero-order chi connectivity index (χ0) is 15.6. The van der Waals surface area contributed by atoms with Crippen LogP contribution in [0.1, 0.15) is 24.9 Å². The lowest BCUT2D eigenvalue weighted by molar-refractivity contribution is -0.118. The standard InChI is InChI=1S/C16H26N4O/c1-5-20(10-6-9-18(2)3)12-7-8-13-14(11-12)19(4)16(21)15(13)17/h7-8,11,15H,5-6,9-10,17H2,1-4H3. The number of hydrogen-bond donors (Lipinski definition) is 1. The van der Waals surface area contributed by atoms with Crippen molar-refractivity contribution in [3.05, 3.63) is 23.8 Å². The molecule has 2 N–H and O–H groups in total. The molecule has 0 radical (unpaired) electrons. The largest absolute Gasteiger partial charge is 0.372 e. The van der Waals surface area contributed by atoms with Crippen LogP contribution in [0.25, 0.3) is 0 Å². The average Bonchev–Trinajstić information content (AvgIpc) is 2.68. The number of nitrogens with two attached hydrogens (primary N) is 1. The van der Waals surface area contributed by atoms with Crippen LogP contribution in [0.2, 0.25) is 0 Å². The van der Waals surface area contributed by atoms with Gasteiger partial charge < -0.3 is 20.4 Å². The second-order valence-electron chi connectivity index (χ2n) is 5.85. The van der Waals surface area contributed by atoms with Crippen LogP contribution < -0.4 is 15.5 Å². The molecule has 5 heteroatoms. The summed E-state index contributed by atoms with van der Waals surface area (Å²) in [4.78, 5) is 18.1. The van der Waals surface area contributed by atoms with Crippen molar-refractivity contribution in [2.45, 2.75) is 19.4 Å². The Labute approximate surface area is 127 Å². The zero-order valence-electron chi connectivity index (χ0n) is 13.5. The van der Waals surface area contributed by atoms with Gasteiger partial charge >= 0.3 is 0 Å². The summed E-state index contributed by atoms with van der Waals surface area (Å²) in [5.74, 6) is -0.0298. The van der Waals surface area contributed by atoms with Gasteiger partial charge in [-0.15, -0.1) is 0 Å². The summed E-state index contributed by atoms with van der Waals surface area (Å²) < 4.78 is 0. The predicted molar refractivity (Wildman–Crippen MR) is 87.8 cm³/mol. The number of amides is 1. The van der Waals surface area contributed by atoms with E-state index in [-0.39, 0.29) is 5.91 Å². The van der Waals surface area contributed by atoms with Gasteiger partial charge in [0, 0.05) is 31.4 Å². The molecular weight excluding hydrogens is 264 g/mol. The third-order valence-electron chi connectivity index (χ3n) is 4.09. The number of anilines is 2. The lowest BCUT2D eigenvalue weighted by atomic mass is 10.1. The van der Waals surface area contributed by atoms with Crippen molar-refractivity contribution in [2.24, 2.45) is 5.73 Å². The maximum absolute atomic E-state index is 11.9. The first-order valence-corrected chi connectivity index (χ1v) is 7.52. The first-order valence-electron chi connectivity index (χ1n) is 7.52. The fourth-order valence-electron chi connectivity index (χ4n) is 2.79. The van der Waals surface area contributed by atoms with E-state index in [0.717, 1.165) is 43.0 Å². The van der Waals surface area contributed by atoms with Crippen LogP contribution in [0.3, 0.4) is 0 Å². The molecule has 1 aliphatic heterocycles. The van der Waals surface area contributed by atoms with Gasteiger partial charge in [-0.1, -0.05) is 6.07 Å². The van der Waals surface area contributed by atoms with E-state index in [1.165, 1.54) is 0 Å². The quantitative estimate of drug-likeness (QED) is 0.861. The topological polar surface area (TPSA) is 52.8 Å². The summed E-state index contributed by atoms with van der Waals surface area (Å²) in [5.41, 5.74) is 8.97. The maximum Gasteiger partial charge on any atom is 0.248 e. The van der Waals surface area contributed by atoms with Crippen LogP contribution in [0.4, 0.5) is 11.4 Å². The fourth-order valence-corrected chi connectivity index (χ4v) is 2.79. The second-order valence-corrected chi connectivity index (χ2v) is 5.85. The van der Waals surface area contributed by atoms with Gasteiger partial charge in [0.25, 0.3) is 0 Å². The van der Waals surface area contributed by atoms with E-state index >= 15 is 0 Å². The summed E-state index contributed by atoms with van der Waals surface area (Å²) in [6.07, 6.45) is 1.12. The summed E-state index contributed by atoms with van der Waals surface area (Å²) in [6.45, 7) is 5.20. The number of carbonyl (C=O) groups is 1. The molecule has 1 atom stereocenters. The Morgan fingerprint density at radius 1 is 1.29 bits per heavy atom. The monoisotopic (exact) mass is 290 g/mol. The molecule has 1 amide bonds. The normalized spacial score (nSPS) is 17.5. The van der Waals surface area contributed by atoms with Crippen molar-refractivity contribution in [3.63, 3.8) is 0 Å². The van der Waals surface area contributed by atoms with Crippen molar-refractivity contribution in [2.75, 3.05) is 50.6 Å². The lowest BCUT2D eigenvalue weighted by Crippen LogP contribution is -2.28. The summed E-state index contributed by atoms with van der Waals surface area (Å²) >= 11 is 0. The molecule has 0 bridgehead atoms. The smallest absolute Gasteiger partial charge is 0.248 e. The number of rotatable bonds is 6. The molecule has 0 spiro atoms. The van der Waals surface area contributed by atoms with E-state index in [1.54, 1.807) is 11.9 Å². The van der Waals surface area contributed by atoms with Gasteiger partial charge in [0.05, 0.1) is 5.69 Å². The molecular formula is C16H26N4O. The van der Waals surface area contributed by atoms with Gasteiger partial charge in [0.2, 0.25) is 5.91 Å². The van der Waals surface area contributed by atoms with Crippen molar-refractivity contribution in [1.82, 2.24) is 4.90 Å². The van der Waals surface area contributed by atoms with E-state index in [1.807, 2.05) is 6.07 Å². The first kappa shape index (κ1) is 15.8. The third-order valence-corrected chi connectivity index (χ3v) is 4.09. The molecule has 0 saturated heterocycles. The minimum atomic E-state index is -0.511. The van der Waals surface area contributed by atoms with Crippen LogP contribution in [-0.2, 0) is 4.79 Å². The number of hydrogen-bond acceptors (Lipinski definition) is 4. The highest BCUT2D eigenvalue weighted by Crippen LogP contribution is 2.36. The Morgan fingerprint density at radius 2 is 2.00 bits per heavy atom. The van der Waals surface area contributed by atoms with Gasteiger partial charge in [-0.05, 0) is 46.1 Å². The van der Waals surface area contributed by atoms with Crippen LogP contribution in [-0.4, -0.2) is 51.6 Å². The van der Waals surface area contributed by atoms with Gasteiger partial charge in [-0.25, -0.2) is 0 Å². The van der Waals surface area contributed by atoms with E-state index < -0.39 is 6.04 Å². The van der Waals surface area contributed by atoms with Crippen LogP contribution in [0.5, 0.6) is 0 Å². The molecule has 1 unspecified atom stereocenters. The summed E-state index contributed by atoms with van der Waals surface area (Å²) in [6, 6.07) is 5.64. The molecule has 5 nitrogen and oxygen atoms in total. The molecule has 0 aromatic heterocycles. The minimum absolute atomic E-state index is 0.0298. The van der Waals surface area contributed by atoms with E-state index in [4.69, 9.17) is 5.73 Å². The van der Waals surface area contributed by atoms with E-state index in [0.29, 0.717) is 0 Å². The van der Waals surface area contributed by atoms with Gasteiger partial charge in [0.1, 0.15) is 6.04 Å². The van der Waals surface area contributed by atoms with Crippen molar-refractivity contribution < 1.29 is 4.79 Å². The van der Waals surface area contributed by atoms with E-state index in [9.17, 15) is 4.79 Å². The average molecular weight is 290 g/mol. The number of nitrogens with zero attached hydrogens (tertiary/aromatic N) is 3. The number of benzene rings is 1. The first-order chi connectivity index (χ1) is 9.95.